The molecule has 2 fully saturated rings. The van der Waals surface area contributed by atoms with Crippen molar-refractivity contribution in [2.24, 2.45) is 0 Å². The maximum atomic E-state index is 15.2. The molecule has 11 nitrogen and oxygen atoms in total. The van der Waals surface area contributed by atoms with Crippen molar-refractivity contribution in [3.63, 3.8) is 0 Å². The third-order valence-electron chi connectivity index (χ3n) is 7.77. The van der Waals surface area contributed by atoms with E-state index in [9.17, 15) is 23.5 Å². The average molecular weight is 614 g/mol. The zero-order valence-electron chi connectivity index (χ0n) is 23.4. The lowest BCUT2D eigenvalue weighted by Crippen LogP contribution is -2.54. The van der Waals surface area contributed by atoms with Gasteiger partial charge in [0.1, 0.15) is 17.2 Å². The molecule has 0 bridgehead atoms. The lowest BCUT2D eigenvalue weighted by atomic mass is 10.1. The van der Waals surface area contributed by atoms with Crippen molar-refractivity contribution in [3.8, 4) is 17.0 Å². The van der Waals surface area contributed by atoms with Gasteiger partial charge in [0.25, 0.3) is 5.91 Å². The van der Waals surface area contributed by atoms with Gasteiger partial charge < -0.3 is 30.3 Å². The minimum atomic E-state index is -1.16. The molecule has 4 aromatic rings. The van der Waals surface area contributed by atoms with Crippen LogP contribution in [0.5, 0.6) is 5.75 Å². The van der Waals surface area contributed by atoms with Crippen molar-refractivity contribution >= 4 is 29.0 Å². The van der Waals surface area contributed by atoms with Gasteiger partial charge in [0, 0.05) is 56.4 Å². The molecule has 0 aliphatic carbocycles. The highest BCUT2D eigenvalue weighted by molar-refractivity contribution is 5.95. The Labute approximate surface area is 248 Å². The Balaban J connectivity index is 1.18. The Kier molecular flexibility index (Phi) is 7.82. The Hall–Kier alpha value is -4.76. The number of methoxy groups -OCH3 is 1. The van der Waals surface area contributed by atoms with E-state index in [0.717, 1.165) is 12.1 Å². The first-order chi connectivity index (χ1) is 21.2. The fourth-order valence-corrected chi connectivity index (χ4v) is 5.49. The molecule has 2 aliphatic heterocycles. The fourth-order valence-electron chi connectivity index (χ4n) is 5.49. The number of hydrogen-bond donors (Lipinski definition) is 3. The molecular weight excluding hydrogens is 586 g/mol. The lowest BCUT2D eigenvalue weighted by molar-refractivity contribution is -0.134. The number of halogens is 4. The zero-order valence-corrected chi connectivity index (χ0v) is 23.4. The number of aromatic nitrogens is 3. The van der Waals surface area contributed by atoms with Crippen molar-refractivity contribution in [1.29, 1.82) is 0 Å². The van der Waals surface area contributed by atoms with Gasteiger partial charge in [-0.25, -0.2) is 23.1 Å². The number of aliphatic hydroxyl groups excluding tert-OH is 1. The monoisotopic (exact) mass is 613 g/mol. The van der Waals surface area contributed by atoms with Gasteiger partial charge in [0.05, 0.1) is 31.1 Å². The third kappa shape index (κ3) is 5.28. The number of β-amino-alcohol motifs (C(OH)–C–C–N with tert-alkyl or cyclic N) is 1. The number of carbonyl (C=O) groups is 2. The number of hydrogen-bond acceptors (Lipinski definition) is 8. The highest BCUT2D eigenvalue weighted by Gasteiger charge is 2.34. The van der Waals surface area contributed by atoms with Crippen molar-refractivity contribution in [2.45, 2.75) is 18.6 Å². The van der Waals surface area contributed by atoms with Crippen molar-refractivity contribution in [2.75, 3.05) is 45.2 Å². The SMILES string of the molecule is COc1ccc(-c2cnc3c(Nc4cc(F)c(C(=O)N5CCN(C(=O)[C@@H]6C[C@@H](O)CN6)CC5)c(F)c4)nccn23)c(F)c1F. The Morgan fingerprint density at radius 3 is 2.39 bits per heavy atom. The summed E-state index contributed by atoms with van der Waals surface area (Å²) in [5, 5.41) is 15.4. The second-order valence-electron chi connectivity index (χ2n) is 10.5. The maximum Gasteiger partial charge on any atom is 0.259 e. The predicted octanol–water partition coefficient (Wildman–Crippen LogP) is 2.71. The maximum absolute atomic E-state index is 15.2. The van der Waals surface area contributed by atoms with Crippen LogP contribution >= 0.6 is 0 Å². The number of ether oxygens (including phenoxy) is 1. The van der Waals surface area contributed by atoms with Crippen LogP contribution in [-0.4, -0.2) is 93.1 Å². The molecule has 2 atom stereocenters. The van der Waals surface area contributed by atoms with Gasteiger partial charge in [0.15, 0.2) is 23.0 Å². The first-order valence-corrected chi connectivity index (χ1v) is 13.8. The van der Waals surface area contributed by atoms with Crippen LogP contribution in [0.4, 0.5) is 29.1 Å². The standard InChI is InChI=1S/C29H27F4N7O4/c1-44-22-3-2-17(24(32)25(22)33)21-14-36-27-26(34-4-5-40(21)27)37-15-10-18(30)23(19(31)11-15)29(43)39-8-6-38(7-9-39)28(42)20-12-16(41)13-35-20/h2-5,10-11,14,16,20,35,41H,6-9,12-13H2,1H3,(H,34,37)/t16-,20+/m1/s1. The van der Waals surface area contributed by atoms with E-state index in [1.807, 2.05) is 0 Å². The summed E-state index contributed by atoms with van der Waals surface area (Å²) in [7, 11) is 1.22. The Morgan fingerprint density at radius 2 is 1.73 bits per heavy atom. The minimum Gasteiger partial charge on any atom is -0.494 e. The number of imidazole rings is 1. The largest absolute Gasteiger partial charge is 0.494 e. The van der Waals surface area contributed by atoms with E-state index in [4.69, 9.17) is 4.74 Å². The molecule has 4 heterocycles. The van der Waals surface area contributed by atoms with E-state index in [2.05, 4.69) is 20.6 Å². The van der Waals surface area contributed by atoms with Crippen molar-refractivity contribution in [3.05, 3.63) is 71.7 Å². The average Bonchev–Trinajstić information content (AvgIpc) is 3.65. The second-order valence-corrected chi connectivity index (χ2v) is 10.5. The highest BCUT2D eigenvalue weighted by Crippen LogP contribution is 2.32. The van der Waals surface area contributed by atoms with E-state index in [-0.39, 0.29) is 66.2 Å². The lowest BCUT2D eigenvalue weighted by Gasteiger charge is -2.36. The molecule has 0 radical (unpaired) electrons. The van der Waals surface area contributed by atoms with Gasteiger partial charge in [0.2, 0.25) is 11.7 Å². The molecule has 3 N–H and O–H groups in total. The number of benzene rings is 2. The van der Waals surface area contributed by atoms with Crippen molar-refractivity contribution in [1.82, 2.24) is 29.5 Å². The molecule has 2 saturated heterocycles. The van der Waals surface area contributed by atoms with Gasteiger partial charge >= 0.3 is 0 Å². The van der Waals surface area contributed by atoms with Gasteiger partial charge in [-0.2, -0.15) is 4.39 Å². The third-order valence-corrected chi connectivity index (χ3v) is 7.77. The van der Waals surface area contributed by atoms with E-state index < -0.39 is 46.9 Å². The number of nitrogens with zero attached hydrogens (tertiary/aromatic N) is 5. The number of amides is 2. The normalized spacial score (nSPS) is 18.6. The number of piperazine rings is 1. The molecule has 0 unspecified atom stereocenters. The number of nitrogens with one attached hydrogen (secondary N) is 2. The highest BCUT2D eigenvalue weighted by atomic mass is 19.2. The summed E-state index contributed by atoms with van der Waals surface area (Å²) in [6, 6.07) is 4.01. The van der Waals surface area contributed by atoms with E-state index >= 15 is 8.78 Å². The summed E-state index contributed by atoms with van der Waals surface area (Å²) in [6.07, 6.45) is 3.83. The minimum absolute atomic E-state index is 0.0648. The molecule has 2 amide bonds. The van der Waals surface area contributed by atoms with E-state index in [1.165, 1.54) is 47.1 Å². The molecule has 2 aromatic heterocycles. The first-order valence-electron chi connectivity index (χ1n) is 13.8. The Morgan fingerprint density at radius 1 is 1.02 bits per heavy atom. The summed E-state index contributed by atoms with van der Waals surface area (Å²) in [5.41, 5.74) is -0.533. The molecule has 6 rings (SSSR count). The first kappa shape index (κ1) is 29.3. The summed E-state index contributed by atoms with van der Waals surface area (Å²) in [5.74, 6) is -5.73. The van der Waals surface area contributed by atoms with Gasteiger partial charge in [-0.15, -0.1) is 0 Å². The van der Waals surface area contributed by atoms with Crippen LogP contribution in [0.3, 0.4) is 0 Å². The molecule has 2 aromatic carbocycles. The molecule has 0 saturated carbocycles. The van der Waals surface area contributed by atoms with Gasteiger partial charge in [-0.1, -0.05) is 0 Å². The number of carbonyl (C=O) groups excluding carboxylic acids is 2. The second kappa shape index (κ2) is 11.7. The molecule has 15 heteroatoms. The molecule has 2 aliphatic rings. The van der Waals surface area contributed by atoms with Crippen LogP contribution in [0.2, 0.25) is 0 Å². The van der Waals surface area contributed by atoms with Gasteiger partial charge in [-0.3, -0.25) is 14.0 Å². The number of aliphatic hydroxyl groups is 1. The van der Waals surface area contributed by atoms with E-state index in [0.29, 0.717) is 13.0 Å². The Bertz CT molecular complexity index is 1740. The molecule has 0 spiro atoms. The number of rotatable bonds is 6. The number of fused-ring (bicyclic) bond motifs is 1. The molecule has 44 heavy (non-hydrogen) atoms. The summed E-state index contributed by atoms with van der Waals surface area (Å²) < 4.78 is 65.8. The van der Waals surface area contributed by atoms with Crippen LogP contribution in [0.25, 0.3) is 16.9 Å². The van der Waals surface area contributed by atoms with Crippen molar-refractivity contribution < 1.29 is 37.0 Å². The van der Waals surface area contributed by atoms with Crippen LogP contribution in [-0.2, 0) is 4.79 Å². The van der Waals surface area contributed by atoms with Gasteiger partial charge in [-0.05, 0) is 30.7 Å². The fraction of sp³-hybridized carbons (Fsp3) is 0.310. The smallest absolute Gasteiger partial charge is 0.259 e. The van der Waals surface area contributed by atoms with E-state index in [1.54, 1.807) is 4.90 Å². The molecule has 230 valence electrons. The quantitative estimate of drug-likeness (QED) is 0.284. The topological polar surface area (TPSA) is 124 Å². The summed E-state index contributed by atoms with van der Waals surface area (Å²) >= 11 is 0. The molecular formula is C29H27F4N7O4. The zero-order chi connectivity index (χ0) is 31.1. The number of anilines is 2. The van der Waals surface area contributed by atoms with Crippen LogP contribution in [0.1, 0.15) is 16.8 Å². The van der Waals surface area contributed by atoms with Crippen LogP contribution in [0, 0.1) is 23.3 Å². The summed E-state index contributed by atoms with van der Waals surface area (Å²) in [4.78, 5) is 37.0. The van der Waals surface area contributed by atoms with Crippen LogP contribution < -0.4 is 15.4 Å². The van der Waals surface area contributed by atoms with Crippen LogP contribution in [0.15, 0.2) is 42.9 Å². The predicted molar refractivity (Wildman–Crippen MR) is 149 cm³/mol. The summed E-state index contributed by atoms with van der Waals surface area (Å²) in [6.45, 7) is 0.891.